The Bertz CT molecular complexity index is 1250. The number of hydrogen-bond donors (Lipinski definition) is 2. The first-order valence-corrected chi connectivity index (χ1v) is 10.8. The van der Waals surface area contributed by atoms with Crippen LogP contribution in [0.2, 0.25) is 0 Å². The minimum absolute atomic E-state index is 0.0683. The lowest BCUT2D eigenvalue weighted by molar-refractivity contribution is 0.0977. The molecule has 2 heterocycles. The lowest BCUT2D eigenvalue weighted by Gasteiger charge is -2.13. The quantitative estimate of drug-likeness (QED) is 0.441. The van der Waals surface area contributed by atoms with Crippen LogP contribution in [-0.4, -0.2) is 36.9 Å². The van der Waals surface area contributed by atoms with E-state index in [4.69, 9.17) is 17.0 Å². The summed E-state index contributed by atoms with van der Waals surface area (Å²) < 4.78 is 7.30. The van der Waals surface area contributed by atoms with Crippen molar-refractivity contribution in [2.24, 2.45) is 0 Å². The fourth-order valence-corrected chi connectivity index (χ4v) is 4.02. The number of nitrogens with zero attached hydrogens (tertiary/aromatic N) is 4. The molecule has 10 heteroatoms. The second-order valence-electron chi connectivity index (χ2n) is 6.99. The minimum Gasteiger partial charge on any atom is -0.491 e. The van der Waals surface area contributed by atoms with Gasteiger partial charge in [-0.15, -0.1) is 10.2 Å². The molecule has 4 rings (SSSR count). The number of aromatic nitrogens is 4. The minimum atomic E-state index is -0.305. The van der Waals surface area contributed by atoms with Gasteiger partial charge in [0.25, 0.3) is 5.91 Å². The van der Waals surface area contributed by atoms with Gasteiger partial charge in [-0.25, -0.2) is 0 Å². The lowest BCUT2D eigenvalue weighted by atomic mass is 10.2. The first-order chi connectivity index (χ1) is 14.9. The number of hydrogen-bond acceptors (Lipinski definition) is 7. The Morgan fingerprint density at radius 2 is 1.87 bits per heavy atom. The third kappa shape index (κ3) is 4.70. The predicted molar refractivity (Wildman–Crippen MR) is 125 cm³/mol. The summed E-state index contributed by atoms with van der Waals surface area (Å²) in [5.41, 5.74) is 2.07. The van der Waals surface area contributed by atoms with Crippen molar-refractivity contribution in [2.45, 2.75) is 26.9 Å². The van der Waals surface area contributed by atoms with Crippen molar-refractivity contribution in [3.05, 3.63) is 59.9 Å². The molecule has 0 atom stereocenters. The Kier molecular flexibility index (Phi) is 5.92. The maximum Gasteiger partial charge on any atom is 0.257 e. The van der Waals surface area contributed by atoms with E-state index in [1.807, 2.05) is 45.0 Å². The molecule has 8 nitrogen and oxygen atoms in total. The van der Waals surface area contributed by atoms with Crippen LogP contribution >= 0.6 is 23.6 Å². The second kappa shape index (κ2) is 8.78. The molecular weight excluding hydrogens is 432 g/mol. The number of amides is 1. The molecule has 0 saturated heterocycles. The standard InChI is InChI=1S/C21H20N6O2S2/c1-12(2)29-15-10-8-14(9-11-15)18(28)23-20(30)22-17-7-5-4-6-16(17)19-26-27-13(3)24-25-21(27)31-19/h4-12H,1-3H3,(H2,22,23,28,30). The fourth-order valence-electron chi connectivity index (χ4n) is 2.89. The molecule has 2 aromatic carbocycles. The van der Waals surface area contributed by atoms with E-state index < -0.39 is 0 Å². The van der Waals surface area contributed by atoms with Gasteiger partial charge in [-0.1, -0.05) is 23.5 Å². The zero-order valence-corrected chi connectivity index (χ0v) is 18.8. The highest BCUT2D eigenvalue weighted by atomic mass is 32.1. The van der Waals surface area contributed by atoms with E-state index in [1.54, 1.807) is 28.8 Å². The zero-order valence-electron chi connectivity index (χ0n) is 17.1. The maximum absolute atomic E-state index is 12.5. The third-order valence-electron chi connectivity index (χ3n) is 4.27. The first-order valence-electron chi connectivity index (χ1n) is 9.58. The van der Waals surface area contributed by atoms with Gasteiger partial charge in [-0.3, -0.25) is 10.1 Å². The summed E-state index contributed by atoms with van der Waals surface area (Å²) in [5.74, 6) is 1.12. The van der Waals surface area contributed by atoms with E-state index in [1.165, 1.54) is 11.3 Å². The summed E-state index contributed by atoms with van der Waals surface area (Å²) in [6.45, 7) is 5.74. The number of carbonyl (C=O) groups excluding carboxylic acids is 1. The van der Waals surface area contributed by atoms with Crippen molar-refractivity contribution in [3.8, 4) is 16.3 Å². The summed E-state index contributed by atoms with van der Waals surface area (Å²) >= 11 is 6.79. The van der Waals surface area contributed by atoms with E-state index in [0.717, 1.165) is 22.1 Å². The number of thiocarbonyl (C=S) groups is 1. The number of benzene rings is 2. The lowest BCUT2D eigenvalue weighted by Crippen LogP contribution is -2.34. The molecule has 0 spiro atoms. The van der Waals surface area contributed by atoms with Gasteiger partial charge in [0.05, 0.1) is 11.8 Å². The molecule has 158 valence electrons. The van der Waals surface area contributed by atoms with Gasteiger partial charge < -0.3 is 10.1 Å². The summed E-state index contributed by atoms with van der Waals surface area (Å²) in [4.78, 5) is 13.3. The molecule has 1 amide bonds. The second-order valence-corrected chi connectivity index (χ2v) is 8.36. The van der Waals surface area contributed by atoms with Crippen LogP contribution in [0.15, 0.2) is 48.5 Å². The van der Waals surface area contributed by atoms with Crippen LogP contribution in [0.4, 0.5) is 5.69 Å². The van der Waals surface area contributed by atoms with Crippen molar-refractivity contribution < 1.29 is 9.53 Å². The SMILES string of the molecule is Cc1nnc2sc(-c3ccccc3NC(=S)NC(=O)c3ccc(OC(C)C)cc3)nn12. The summed E-state index contributed by atoms with van der Waals surface area (Å²) in [6, 6.07) is 14.5. The number of para-hydroxylation sites is 1. The first kappa shape index (κ1) is 20.9. The fraction of sp³-hybridized carbons (Fsp3) is 0.190. The van der Waals surface area contributed by atoms with Crippen molar-refractivity contribution in [3.63, 3.8) is 0 Å². The number of ether oxygens (including phenoxy) is 1. The van der Waals surface area contributed by atoms with Gasteiger partial charge in [0.1, 0.15) is 10.8 Å². The number of rotatable bonds is 5. The highest BCUT2D eigenvalue weighted by Crippen LogP contribution is 2.31. The van der Waals surface area contributed by atoms with Crippen molar-refractivity contribution in [2.75, 3.05) is 5.32 Å². The highest BCUT2D eigenvalue weighted by molar-refractivity contribution is 7.80. The number of carbonyl (C=O) groups is 1. The van der Waals surface area contributed by atoms with Crippen molar-refractivity contribution in [1.29, 1.82) is 0 Å². The van der Waals surface area contributed by atoms with E-state index in [-0.39, 0.29) is 17.1 Å². The van der Waals surface area contributed by atoms with E-state index in [9.17, 15) is 4.79 Å². The van der Waals surface area contributed by atoms with Gasteiger partial charge in [-0.2, -0.15) is 9.61 Å². The highest BCUT2D eigenvalue weighted by Gasteiger charge is 2.15. The molecule has 0 aliphatic rings. The van der Waals surface area contributed by atoms with Gasteiger partial charge in [0, 0.05) is 11.1 Å². The monoisotopic (exact) mass is 452 g/mol. The van der Waals surface area contributed by atoms with E-state index >= 15 is 0 Å². The van der Waals surface area contributed by atoms with Crippen LogP contribution in [0, 0.1) is 6.92 Å². The van der Waals surface area contributed by atoms with Crippen LogP contribution in [0.1, 0.15) is 30.0 Å². The summed E-state index contributed by atoms with van der Waals surface area (Å²) in [5, 5.41) is 19.5. The van der Waals surface area contributed by atoms with Gasteiger partial charge in [0.2, 0.25) is 4.96 Å². The molecule has 0 saturated carbocycles. The van der Waals surface area contributed by atoms with E-state index in [2.05, 4.69) is 25.9 Å². The van der Waals surface area contributed by atoms with Crippen molar-refractivity contribution in [1.82, 2.24) is 25.1 Å². The topological polar surface area (TPSA) is 93.4 Å². The Hall–Kier alpha value is -3.37. The molecule has 0 aliphatic carbocycles. The summed E-state index contributed by atoms with van der Waals surface area (Å²) in [7, 11) is 0. The Morgan fingerprint density at radius 3 is 2.58 bits per heavy atom. The molecule has 2 N–H and O–H groups in total. The average molecular weight is 453 g/mol. The molecule has 0 radical (unpaired) electrons. The van der Waals surface area contributed by atoms with Gasteiger partial charge in [-0.05, 0) is 69.4 Å². The molecule has 0 bridgehead atoms. The zero-order chi connectivity index (χ0) is 22.0. The van der Waals surface area contributed by atoms with E-state index in [0.29, 0.717) is 16.3 Å². The number of aryl methyl sites for hydroxylation is 1. The van der Waals surface area contributed by atoms with Crippen LogP contribution in [0.3, 0.4) is 0 Å². The third-order valence-corrected chi connectivity index (χ3v) is 5.40. The number of anilines is 1. The molecule has 2 aromatic heterocycles. The molecule has 0 unspecified atom stereocenters. The Balaban J connectivity index is 1.47. The molecule has 4 aromatic rings. The predicted octanol–water partition coefficient (Wildman–Crippen LogP) is 4.08. The van der Waals surface area contributed by atoms with Gasteiger partial charge in [0.15, 0.2) is 10.9 Å². The molecule has 0 fully saturated rings. The van der Waals surface area contributed by atoms with Crippen LogP contribution in [-0.2, 0) is 0 Å². The molecule has 31 heavy (non-hydrogen) atoms. The van der Waals surface area contributed by atoms with Gasteiger partial charge >= 0.3 is 0 Å². The number of fused-ring (bicyclic) bond motifs is 1. The van der Waals surface area contributed by atoms with Crippen LogP contribution in [0.5, 0.6) is 5.75 Å². The number of nitrogens with one attached hydrogen (secondary N) is 2. The molecular formula is C21H20N6O2S2. The van der Waals surface area contributed by atoms with Crippen molar-refractivity contribution >= 4 is 45.2 Å². The Morgan fingerprint density at radius 1 is 1.13 bits per heavy atom. The van der Waals surface area contributed by atoms with Crippen LogP contribution in [0.25, 0.3) is 15.5 Å². The van der Waals surface area contributed by atoms with Crippen LogP contribution < -0.4 is 15.4 Å². The normalized spacial score (nSPS) is 11.0. The average Bonchev–Trinajstić information content (AvgIpc) is 3.30. The Labute approximate surface area is 188 Å². The summed E-state index contributed by atoms with van der Waals surface area (Å²) in [6.07, 6.45) is 0.0683. The maximum atomic E-state index is 12.5. The molecule has 0 aliphatic heterocycles. The largest absolute Gasteiger partial charge is 0.491 e. The smallest absolute Gasteiger partial charge is 0.257 e.